The number of carbonyl (C=O) groups is 2. The average molecular weight is 817 g/mol. The summed E-state index contributed by atoms with van der Waals surface area (Å²) >= 11 is 0. The second-order valence-electron chi connectivity index (χ2n) is 13.2. The zero-order valence-electron chi connectivity index (χ0n) is 34.7. The van der Waals surface area contributed by atoms with Crippen LogP contribution in [0.2, 0.25) is 0 Å². The number of phosphoric acid groups is 1. The highest BCUT2D eigenvalue weighted by Crippen LogP contribution is 2.43. The summed E-state index contributed by atoms with van der Waals surface area (Å²) in [6, 6.07) is 0. The predicted octanol–water partition coefficient (Wildman–Crippen LogP) is 11.0. The van der Waals surface area contributed by atoms with Crippen LogP contribution in [0.25, 0.3) is 0 Å². The molecule has 0 spiro atoms. The van der Waals surface area contributed by atoms with Gasteiger partial charge in [-0.3, -0.25) is 18.6 Å². The van der Waals surface area contributed by atoms with Crippen LogP contribution in [-0.4, -0.2) is 65.7 Å². The summed E-state index contributed by atoms with van der Waals surface area (Å²) in [7, 11) is -4.67. The Balaban J connectivity index is 4.08. The minimum absolute atomic E-state index is 0.0475. The van der Waals surface area contributed by atoms with Gasteiger partial charge in [-0.15, -0.1) is 0 Å². The quantitative estimate of drug-likeness (QED) is 0.0239. The third-order valence-corrected chi connectivity index (χ3v) is 8.96. The molecule has 10 nitrogen and oxygen atoms in total. The van der Waals surface area contributed by atoms with Gasteiger partial charge in [-0.2, -0.15) is 0 Å². The lowest BCUT2D eigenvalue weighted by atomic mass is 10.1. The highest BCUT2D eigenvalue weighted by Gasteiger charge is 2.27. The van der Waals surface area contributed by atoms with E-state index in [1.165, 1.54) is 0 Å². The van der Waals surface area contributed by atoms with E-state index in [0.29, 0.717) is 12.8 Å². The molecule has 322 valence electrons. The predicted molar refractivity (Wildman–Crippen MR) is 232 cm³/mol. The Labute approximate surface area is 344 Å². The van der Waals surface area contributed by atoms with Gasteiger partial charge in [0.1, 0.15) is 12.2 Å². The number of hydrogen-bond acceptors (Lipinski definition) is 9. The van der Waals surface area contributed by atoms with Crippen LogP contribution < -0.4 is 0 Å². The summed E-state index contributed by atoms with van der Waals surface area (Å²) in [6.07, 6.45) is 50.9. The van der Waals surface area contributed by atoms with Crippen LogP contribution in [0.5, 0.6) is 0 Å². The molecule has 0 heterocycles. The molecule has 11 heteroatoms. The molecular formula is C46H73O10P. The Hall–Kier alpha value is -3.37. The minimum Gasteiger partial charge on any atom is -0.457 e. The fourth-order valence-electron chi connectivity index (χ4n) is 4.89. The van der Waals surface area contributed by atoms with Gasteiger partial charge in [0.05, 0.1) is 32.8 Å². The van der Waals surface area contributed by atoms with Crippen molar-refractivity contribution in [2.45, 2.75) is 142 Å². The van der Waals surface area contributed by atoms with Crippen LogP contribution in [0, 0.1) is 0 Å². The molecule has 0 saturated heterocycles. The number of ether oxygens (including phenoxy) is 2. The van der Waals surface area contributed by atoms with Crippen molar-refractivity contribution in [3.8, 4) is 0 Å². The van der Waals surface area contributed by atoms with Crippen molar-refractivity contribution in [1.82, 2.24) is 0 Å². The number of unbranched alkanes of at least 4 members (excludes halogenated alkanes) is 6. The van der Waals surface area contributed by atoms with E-state index < -0.39 is 58.4 Å². The number of allylic oxidation sites excluding steroid dienone is 17. The normalized spacial score (nSPS) is 15.0. The van der Waals surface area contributed by atoms with Gasteiger partial charge in [0.2, 0.25) is 0 Å². The lowest BCUT2D eigenvalue weighted by Gasteiger charge is -2.20. The molecule has 0 bridgehead atoms. The van der Waals surface area contributed by atoms with Gasteiger partial charge in [0, 0.05) is 6.42 Å². The zero-order valence-corrected chi connectivity index (χ0v) is 35.6. The van der Waals surface area contributed by atoms with E-state index >= 15 is 0 Å². The molecular weight excluding hydrogens is 743 g/mol. The van der Waals surface area contributed by atoms with E-state index in [1.807, 2.05) is 18.2 Å². The first-order chi connectivity index (χ1) is 27.8. The van der Waals surface area contributed by atoms with Crippen LogP contribution in [0.15, 0.2) is 109 Å². The molecule has 0 amide bonds. The van der Waals surface area contributed by atoms with Crippen LogP contribution in [0.1, 0.15) is 129 Å². The molecule has 57 heavy (non-hydrogen) atoms. The van der Waals surface area contributed by atoms with Crippen molar-refractivity contribution in [1.29, 1.82) is 0 Å². The SMILES string of the molecule is CC/C=C\C/C=C\C/C=C\C/C=C\C/C=C\CC(=O)OC(CO)COP(=O)(O)OCC(CO)OC(=O)CCCCCCCC/C=C\C/C=C\C/C=C\C/C=C\CC. The summed E-state index contributed by atoms with van der Waals surface area (Å²) < 4.78 is 32.4. The van der Waals surface area contributed by atoms with Crippen LogP contribution >= 0.6 is 7.82 Å². The van der Waals surface area contributed by atoms with Gasteiger partial charge in [-0.25, -0.2) is 4.57 Å². The van der Waals surface area contributed by atoms with Gasteiger partial charge >= 0.3 is 19.8 Å². The molecule has 0 aromatic heterocycles. The highest BCUT2D eigenvalue weighted by molar-refractivity contribution is 7.47. The Morgan fingerprint density at radius 2 is 0.842 bits per heavy atom. The van der Waals surface area contributed by atoms with Crippen molar-refractivity contribution in [2.24, 2.45) is 0 Å². The summed E-state index contributed by atoms with van der Waals surface area (Å²) in [6.45, 7) is 1.82. The van der Waals surface area contributed by atoms with Crippen LogP contribution in [0.3, 0.4) is 0 Å². The molecule has 0 aliphatic rings. The number of phosphoric ester groups is 1. The van der Waals surface area contributed by atoms with Crippen molar-refractivity contribution >= 4 is 19.8 Å². The summed E-state index contributed by atoms with van der Waals surface area (Å²) in [5.74, 6) is -1.18. The maximum absolute atomic E-state index is 12.3. The van der Waals surface area contributed by atoms with Gasteiger partial charge in [-0.05, 0) is 77.0 Å². The van der Waals surface area contributed by atoms with Crippen molar-refractivity contribution < 1.29 is 47.8 Å². The number of hydrogen-bond donors (Lipinski definition) is 3. The van der Waals surface area contributed by atoms with E-state index in [0.717, 1.165) is 89.9 Å². The molecule has 0 aliphatic carbocycles. The molecule has 0 aromatic rings. The highest BCUT2D eigenvalue weighted by atomic mass is 31.2. The molecule has 0 radical (unpaired) electrons. The Morgan fingerprint density at radius 3 is 1.26 bits per heavy atom. The van der Waals surface area contributed by atoms with Crippen molar-refractivity contribution in [2.75, 3.05) is 26.4 Å². The third-order valence-electron chi connectivity index (χ3n) is 8.01. The van der Waals surface area contributed by atoms with E-state index in [2.05, 4.69) is 98.9 Å². The monoisotopic (exact) mass is 816 g/mol. The molecule has 3 N–H and O–H groups in total. The second-order valence-corrected chi connectivity index (χ2v) is 14.7. The molecule has 0 rings (SSSR count). The van der Waals surface area contributed by atoms with E-state index in [4.69, 9.17) is 18.5 Å². The molecule has 0 aliphatic heterocycles. The van der Waals surface area contributed by atoms with Crippen molar-refractivity contribution in [3.63, 3.8) is 0 Å². The van der Waals surface area contributed by atoms with E-state index in [1.54, 1.807) is 6.08 Å². The molecule has 0 fully saturated rings. The Bertz CT molecular complexity index is 1310. The van der Waals surface area contributed by atoms with Crippen LogP contribution in [-0.2, 0) is 32.7 Å². The maximum atomic E-state index is 12.3. The largest absolute Gasteiger partial charge is 0.472 e. The first kappa shape index (κ1) is 53.6. The van der Waals surface area contributed by atoms with Crippen molar-refractivity contribution in [3.05, 3.63) is 109 Å². The first-order valence-electron chi connectivity index (χ1n) is 20.8. The summed E-state index contributed by atoms with van der Waals surface area (Å²) in [4.78, 5) is 34.4. The standard InChI is InChI=1S/C46H73O10P/c1-3-5-7-9-11-13-15-17-19-20-21-22-24-26-28-30-32-34-36-38-46(50)56-44(40-48)42-54-57(51,52)53-41-43(39-47)55-45(49)37-35-33-31-29-27-25-23-18-16-14-12-10-8-6-4-2/h5-8,11-14,17-19,21-23,27,29,33,35,43-44,47-48H,3-4,9-10,15-16,20,24-26,28,30-32,34,36-42H2,1-2H3,(H,51,52)/b7-5-,8-6-,13-11-,14-12-,19-17-,22-21-,23-18-,29-27-,35-33-. The fraction of sp³-hybridized carbons (Fsp3) is 0.565. The van der Waals surface area contributed by atoms with Gasteiger partial charge in [0.15, 0.2) is 0 Å². The molecule has 3 atom stereocenters. The Kier molecular flexibility index (Phi) is 38.4. The summed E-state index contributed by atoms with van der Waals surface area (Å²) in [5.41, 5.74) is 0. The first-order valence-corrected chi connectivity index (χ1v) is 22.3. The topological polar surface area (TPSA) is 149 Å². The molecule has 3 unspecified atom stereocenters. The number of rotatable bonds is 37. The van der Waals surface area contributed by atoms with Gasteiger partial charge < -0.3 is 24.6 Å². The second kappa shape index (κ2) is 40.8. The fourth-order valence-corrected chi connectivity index (χ4v) is 5.67. The van der Waals surface area contributed by atoms with Gasteiger partial charge in [-0.1, -0.05) is 149 Å². The van der Waals surface area contributed by atoms with E-state index in [9.17, 15) is 29.3 Å². The summed E-state index contributed by atoms with van der Waals surface area (Å²) in [5, 5.41) is 19.1. The minimum atomic E-state index is -4.67. The lowest BCUT2D eigenvalue weighted by molar-refractivity contribution is -0.153. The molecule has 0 saturated carbocycles. The number of aliphatic hydroxyl groups is 2. The van der Waals surface area contributed by atoms with Crippen LogP contribution in [0.4, 0.5) is 0 Å². The number of carbonyl (C=O) groups excluding carboxylic acids is 2. The molecule has 0 aromatic carbocycles. The van der Waals surface area contributed by atoms with Gasteiger partial charge in [0.25, 0.3) is 0 Å². The lowest BCUT2D eigenvalue weighted by Crippen LogP contribution is -2.28. The maximum Gasteiger partial charge on any atom is 0.472 e. The number of aliphatic hydroxyl groups excluding tert-OH is 2. The smallest absolute Gasteiger partial charge is 0.457 e. The Morgan fingerprint density at radius 1 is 0.491 bits per heavy atom. The average Bonchev–Trinajstić information content (AvgIpc) is 3.20. The van der Waals surface area contributed by atoms with E-state index in [-0.39, 0.29) is 12.8 Å². The zero-order chi connectivity index (χ0) is 41.9. The number of esters is 2. The third kappa shape index (κ3) is 39.2.